The SMILES string of the molecule is C=CCSC([O])CCCC. The molecule has 0 aromatic rings. The van der Waals surface area contributed by atoms with E-state index >= 15 is 0 Å². The highest BCUT2D eigenvalue weighted by molar-refractivity contribution is 7.99. The van der Waals surface area contributed by atoms with Gasteiger partial charge in [-0.1, -0.05) is 25.8 Å². The van der Waals surface area contributed by atoms with Crippen molar-refractivity contribution >= 4 is 11.8 Å². The van der Waals surface area contributed by atoms with E-state index in [0.29, 0.717) is 0 Å². The minimum Gasteiger partial charge on any atom is -0.221 e. The first kappa shape index (κ1) is 10.0. The van der Waals surface area contributed by atoms with Gasteiger partial charge in [0.15, 0.2) is 0 Å². The first-order valence-electron chi connectivity index (χ1n) is 3.69. The van der Waals surface area contributed by atoms with Gasteiger partial charge in [-0.05, 0) is 6.42 Å². The van der Waals surface area contributed by atoms with E-state index in [0.717, 1.165) is 25.0 Å². The maximum absolute atomic E-state index is 11.0. The van der Waals surface area contributed by atoms with Crippen molar-refractivity contribution in [1.29, 1.82) is 0 Å². The zero-order valence-electron chi connectivity index (χ0n) is 6.51. The maximum Gasteiger partial charge on any atom is 0.139 e. The van der Waals surface area contributed by atoms with Crippen molar-refractivity contribution in [2.24, 2.45) is 0 Å². The molecule has 0 aromatic heterocycles. The summed E-state index contributed by atoms with van der Waals surface area (Å²) in [6, 6.07) is 0. The Balaban J connectivity index is 3.07. The molecule has 1 nitrogen and oxygen atoms in total. The molecule has 0 bridgehead atoms. The van der Waals surface area contributed by atoms with E-state index in [4.69, 9.17) is 0 Å². The molecule has 1 radical (unpaired) electrons. The second-order valence-electron chi connectivity index (χ2n) is 2.19. The van der Waals surface area contributed by atoms with Gasteiger partial charge < -0.3 is 0 Å². The minimum atomic E-state index is -0.432. The van der Waals surface area contributed by atoms with E-state index in [-0.39, 0.29) is 0 Å². The van der Waals surface area contributed by atoms with Crippen LogP contribution in [-0.4, -0.2) is 11.2 Å². The summed E-state index contributed by atoms with van der Waals surface area (Å²) in [6.45, 7) is 5.66. The lowest BCUT2D eigenvalue weighted by Gasteiger charge is -2.03. The van der Waals surface area contributed by atoms with Gasteiger partial charge in [0.2, 0.25) is 0 Å². The minimum absolute atomic E-state index is 0.432. The lowest BCUT2D eigenvalue weighted by atomic mass is 10.3. The summed E-state index contributed by atoms with van der Waals surface area (Å²) in [5, 5.41) is 11.0. The Morgan fingerprint density at radius 3 is 2.90 bits per heavy atom. The molecule has 0 heterocycles. The Kier molecular flexibility index (Phi) is 7.20. The third kappa shape index (κ3) is 6.17. The van der Waals surface area contributed by atoms with Crippen LogP contribution in [0.15, 0.2) is 12.7 Å². The molecular formula is C8H15OS. The van der Waals surface area contributed by atoms with Crippen LogP contribution in [0.25, 0.3) is 0 Å². The molecule has 10 heavy (non-hydrogen) atoms. The van der Waals surface area contributed by atoms with E-state index in [1.54, 1.807) is 6.08 Å². The first-order valence-corrected chi connectivity index (χ1v) is 4.74. The fourth-order valence-electron chi connectivity index (χ4n) is 0.629. The third-order valence-corrected chi connectivity index (χ3v) is 2.23. The molecule has 0 fully saturated rings. The van der Waals surface area contributed by atoms with E-state index in [2.05, 4.69) is 13.5 Å². The van der Waals surface area contributed by atoms with Crippen molar-refractivity contribution in [2.45, 2.75) is 31.6 Å². The highest BCUT2D eigenvalue weighted by Gasteiger charge is 2.02. The molecule has 1 unspecified atom stereocenters. The molecule has 0 N–H and O–H groups in total. The molecule has 59 valence electrons. The lowest BCUT2D eigenvalue weighted by molar-refractivity contribution is 0.155. The van der Waals surface area contributed by atoms with Crippen molar-refractivity contribution in [3.8, 4) is 0 Å². The third-order valence-electron chi connectivity index (χ3n) is 1.19. The second-order valence-corrected chi connectivity index (χ2v) is 3.39. The Bertz CT molecular complexity index is 83.3. The molecule has 0 rings (SSSR count). The quantitative estimate of drug-likeness (QED) is 0.431. The molecule has 0 aliphatic heterocycles. The maximum atomic E-state index is 11.0. The normalized spacial score (nSPS) is 13.0. The molecule has 1 atom stereocenters. The predicted octanol–water partition coefficient (Wildman–Crippen LogP) is 2.85. The fourth-order valence-corrected chi connectivity index (χ4v) is 1.31. The van der Waals surface area contributed by atoms with Crippen LogP contribution >= 0.6 is 11.8 Å². The Labute approximate surface area is 67.5 Å². The van der Waals surface area contributed by atoms with Gasteiger partial charge in [0.1, 0.15) is 5.44 Å². The zero-order chi connectivity index (χ0) is 7.82. The second kappa shape index (κ2) is 7.16. The molecule has 0 aliphatic rings. The topological polar surface area (TPSA) is 19.9 Å². The van der Waals surface area contributed by atoms with E-state index in [9.17, 15) is 5.11 Å². The molecule has 0 saturated carbocycles. The van der Waals surface area contributed by atoms with Gasteiger partial charge in [0.25, 0.3) is 0 Å². The number of rotatable bonds is 6. The largest absolute Gasteiger partial charge is 0.221 e. The van der Waals surface area contributed by atoms with Gasteiger partial charge in [-0.3, -0.25) is 0 Å². The van der Waals surface area contributed by atoms with Gasteiger partial charge in [-0.15, -0.1) is 18.3 Å². The Hall–Kier alpha value is 0.0500. The average Bonchev–Trinajstić information content (AvgIpc) is 1.97. The van der Waals surface area contributed by atoms with Crippen LogP contribution in [0.4, 0.5) is 0 Å². The lowest BCUT2D eigenvalue weighted by Crippen LogP contribution is -1.98. The van der Waals surface area contributed by atoms with Crippen LogP contribution in [-0.2, 0) is 5.11 Å². The first-order chi connectivity index (χ1) is 4.81. The van der Waals surface area contributed by atoms with Gasteiger partial charge in [0, 0.05) is 5.75 Å². The van der Waals surface area contributed by atoms with Crippen molar-refractivity contribution in [2.75, 3.05) is 5.75 Å². The summed E-state index contributed by atoms with van der Waals surface area (Å²) < 4.78 is 0. The van der Waals surface area contributed by atoms with Crippen molar-refractivity contribution < 1.29 is 5.11 Å². The van der Waals surface area contributed by atoms with E-state index < -0.39 is 5.44 Å². The number of hydrogen-bond donors (Lipinski definition) is 0. The van der Waals surface area contributed by atoms with Crippen LogP contribution < -0.4 is 0 Å². The van der Waals surface area contributed by atoms with Gasteiger partial charge in [-0.2, -0.15) is 0 Å². The standard InChI is InChI=1S/C8H15OS/c1-3-5-6-8(9)10-7-4-2/h4,8H,2-3,5-7H2,1H3. The van der Waals surface area contributed by atoms with Crippen molar-refractivity contribution in [1.82, 2.24) is 0 Å². The molecule has 0 saturated heterocycles. The average molecular weight is 159 g/mol. The smallest absolute Gasteiger partial charge is 0.139 e. The summed E-state index contributed by atoms with van der Waals surface area (Å²) >= 11 is 1.44. The van der Waals surface area contributed by atoms with Gasteiger partial charge in [0.05, 0.1) is 0 Å². The summed E-state index contributed by atoms with van der Waals surface area (Å²) in [5.74, 6) is 0.790. The van der Waals surface area contributed by atoms with E-state index in [1.165, 1.54) is 11.8 Å². The van der Waals surface area contributed by atoms with Crippen LogP contribution in [0.2, 0.25) is 0 Å². The van der Waals surface area contributed by atoms with Crippen LogP contribution in [0, 0.1) is 0 Å². The fraction of sp³-hybridized carbons (Fsp3) is 0.750. The highest BCUT2D eigenvalue weighted by Crippen LogP contribution is 2.14. The number of thioether (sulfide) groups is 1. The molecule has 0 spiro atoms. The number of hydrogen-bond acceptors (Lipinski definition) is 1. The van der Waals surface area contributed by atoms with Crippen LogP contribution in [0.1, 0.15) is 26.2 Å². The summed E-state index contributed by atoms with van der Waals surface area (Å²) in [5.41, 5.74) is -0.432. The summed E-state index contributed by atoms with van der Waals surface area (Å²) in [7, 11) is 0. The molecular weight excluding hydrogens is 144 g/mol. The molecule has 0 aliphatic carbocycles. The van der Waals surface area contributed by atoms with Crippen LogP contribution in [0.3, 0.4) is 0 Å². The van der Waals surface area contributed by atoms with Crippen LogP contribution in [0.5, 0.6) is 0 Å². The van der Waals surface area contributed by atoms with Gasteiger partial charge in [-0.25, -0.2) is 5.11 Å². The Morgan fingerprint density at radius 2 is 2.40 bits per heavy atom. The van der Waals surface area contributed by atoms with Gasteiger partial charge >= 0.3 is 0 Å². The Morgan fingerprint density at radius 1 is 1.70 bits per heavy atom. The van der Waals surface area contributed by atoms with E-state index in [1.807, 2.05) is 0 Å². The zero-order valence-corrected chi connectivity index (χ0v) is 7.32. The molecule has 0 aromatic carbocycles. The van der Waals surface area contributed by atoms with Crippen molar-refractivity contribution in [3.05, 3.63) is 12.7 Å². The van der Waals surface area contributed by atoms with Crippen molar-refractivity contribution in [3.63, 3.8) is 0 Å². The molecule has 0 amide bonds. The molecule has 2 heteroatoms. The predicted molar refractivity (Wildman–Crippen MR) is 46.7 cm³/mol. The summed E-state index contributed by atoms with van der Waals surface area (Å²) in [4.78, 5) is 0. The number of unbranched alkanes of at least 4 members (excludes halogenated alkanes) is 1. The summed E-state index contributed by atoms with van der Waals surface area (Å²) in [6.07, 6.45) is 4.75. The monoisotopic (exact) mass is 159 g/mol. The highest BCUT2D eigenvalue weighted by atomic mass is 32.2.